The number of carbonyl (C=O) groups is 1. The van der Waals surface area contributed by atoms with Crippen LogP contribution in [-0.4, -0.2) is 49.8 Å². The number of hydrogen-bond acceptors (Lipinski definition) is 3. The van der Waals surface area contributed by atoms with Crippen molar-refractivity contribution in [3.05, 3.63) is 35.6 Å². The van der Waals surface area contributed by atoms with Gasteiger partial charge < -0.3 is 20.3 Å². The molecule has 0 fully saturated rings. The van der Waals surface area contributed by atoms with Crippen molar-refractivity contribution in [2.45, 2.75) is 6.54 Å². The summed E-state index contributed by atoms with van der Waals surface area (Å²) in [6, 6.07) is 6.16. The van der Waals surface area contributed by atoms with Crippen LogP contribution in [0.1, 0.15) is 5.56 Å². The maximum absolute atomic E-state index is 12.8. The minimum Gasteiger partial charge on any atom is -0.383 e. The highest BCUT2D eigenvalue weighted by molar-refractivity contribution is 7.80. The minimum absolute atomic E-state index is 0.125. The van der Waals surface area contributed by atoms with E-state index in [-0.39, 0.29) is 18.3 Å². The van der Waals surface area contributed by atoms with Crippen LogP contribution in [0.25, 0.3) is 0 Å². The van der Waals surface area contributed by atoms with Gasteiger partial charge in [-0.25, -0.2) is 4.39 Å². The van der Waals surface area contributed by atoms with Crippen molar-refractivity contribution in [3.63, 3.8) is 0 Å². The van der Waals surface area contributed by atoms with Crippen molar-refractivity contribution in [3.8, 4) is 0 Å². The van der Waals surface area contributed by atoms with Crippen LogP contribution in [0.15, 0.2) is 24.3 Å². The van der Waals surface area contributed by atoms with Gasteiger partial charge in [0.05, 0.1) is 13.2 Å². The predicted octanol–water partition coefficient (Wildman–Crippen LogP) is 0.895. The number of nitrogens with zero attached hydrogens (tertiary/aromatic N) is 1. The number of ether oxygens (including phenoxy) is 1. The van der Waals surface area contributed by atoms with Gasteiger partial charge in [0, 0.05) is 27.2 Å². The molecule has 0 aliphatic heterocycles. The molecule has 0 aliphatic rings. The molecule has 0 aliphatic carbocycles. The van der Waals surface area contributed by atoms with Crippen molar-refractivity contribution in [1.82, 2.24) is 15.5 Å². The zero-order chi connectivity index (χ0) is 15.7. The summed E-state index contributed by atoms with van der Waals surface area (Å²) in [6.07, 6.45) is 0. The summed E-state index contributed by atoms with van der Waals surface area (Å²) in [7, 11) is 3.31. The van der Waals surface area contributed by atoms with E-state index in [0.717, 1.165) is 5.56 Å². The Morgan fingerprint density at radius 3 is 2.62 bits per heavy atom. The molecule has 5 nitrogen and oxygen atoms in total. The van der Waals surface area contributed by atoms with Gasteiger partial charge in [0.15, 0.2) is 5.11 Å². The number of likely N-dealkylation sites (N-methyl/N-ethyl adjacent to an activating group) is 1. The number of hydrogen-bond donors (Lipinski definition) is 2. The Balaban J connectivity index is 2.30. The van der Waals surface area contributed by atoms with E-state index in [1.54, 1.807) is 31.2 Å². The standard InChI is InChI=1S/C14H20FN3O2S/c1-18(10-13(19)16-7-8-20-2)14(21)17-9-11-3-5-12(15)6-4-11/h3-6H,7-10H2,1-2H3,(H,16,19)(H,17,21). The third kappa shape index (κ3) is 7.01. The van der Waals surface area contributed by atoms with E-state index in [9.17, 15) is 9.18 Å². The SMILES string of the molecule is COCCNC(=O)CN(C)C(=S)NCc1ccc(F)cc1. The van der Waals surface area contributed by atoms with Crippen LogP contribution in [0.3, 0.4) is 0 Å². The monoisotopic (exact) mass is 313 g/mol. The van der Waals surface area contributed by atoms with Gasteiger partial charge in [-0.3, -0.25) is 4.79 Å². The largest absolute Gasteiger partial charge is 0.383 e. The first-order valence-corrected chi connectivity index (χ1v) is 6.93. The second-order valence-electron chi connectivity index (χ2n) is 4.48. The number of halogens is 1. The van der Waals surface area contributed by atoms with E-state index in [0.29, 0.717) is 24.8 Å². The Labute approximate surface area is 129 Å². The molecule has 0 radical (unpaired) electrons. The fraction of sp³-hybridized carbons (Fsp3) is 0.429. The summed E-state index contributed by atoms with van der Waals surface area (Å²) in [5, 5.41) is 6.20. The Hall–Kier alpha value is -1.73. The van der Waals surface area contributed by atoms with Gasteiger partial charge in [0.25, 0.3) is 0 Å². The Morgan fingerprint density at radius 2 is 2.00 bits per heavy atom. The molecular weight excluding hydrogens is 293 g/mol. The zero-order valence-corrected chi connectivity index (χ0v) is 13.0. The lowest BCUT2D eigenvalue weighted by Gasteiger charge is -2.20. The van der Waals surface area contributed by atoms with Crippen molar-refractivity contribution in [2.24, 2.45) is 0 Å². The van der Waals surface area contributed by atoms with Crippen molar-refractivity contribution >= 4 is 23.2 Å². The van der Waals surface area contributed by atoms with E-state index in [2.05, 4.69) is 10.6 Å². The van der Waals surface area contributed by atoms with Gasteiger partial charge in [-0.05, 0) is 29.9 Å². The van der Waals surface area contributed by atoms with Crippen LogP contribution in [0, 0.1) is 5.82 Å². The Kier molecular flexibility index (Phi) is 7.63. The summed E-state index contributed by atoms with van der Waals surface area (Å²) in [5.41, 5.74) is 0.914. The second-order valence-corrected chi connectivity index (χ2v) is 4.87. The molecule has 1 amide bonds. The highest BCUT2D eigenvalue weighted by atomic mass is 32.1. The topological polar surface area (TPSA) is 53.6 Å². The Bertz CT molecular complexity index is 468. The van der Waals surface area contributed by atoms with E-state index in [1.807, 2.05) is 0 Å². The smallest absolute Gasteiger partial charge is 0.239 e. The number of thiocarbonyl (C=S) groups is 1. The van der Waals surface area contributed by atoms with Crippen molar-refractivity contribution < 1.29 is 13.9 Å². The number of benzene rings is 1. The summed E-state index contributed by atoms with van der Waals surface area (Å²) in [4.78, 5) is 13.2. The molecule has 0 saturated heterocycles. The quantitative estimate of drug-likeness (QED) is 0.578. The van der Waals surface area contributed by atoms with Crippen molar-refractivity contribution in [1.29, 1.82) is 0 Å². The lowest BCUT2D eigenvalue weighted by Crippen LogP contribution is -2.43. The molecule has 1 rings (SSSR count). The van der Waals surface area contributed by atoms with E-state index in [4.69, 9.17) is 17.0 Å². The average Bonchev–Trinajstić information content (AvgIpc) is 2.46. The molecule has 0 unspecified atom stereocenters. The van der Waals surface area contributed by atoms with Gasteiger partial charge in [0.2, 0.25) is 5.91 Å². The van der Waals surface area contributed by atoms with Gasteiger partial charge in [-0.1, -0.05) is 12.1 Å². The Morgan fingerprint density at radius 1 is 1.33 bits per heavy atom. The lowest BCUT2D eigenvalue weighted by atomic mass is 10.2. The molecule has 116 valence electrons. The van der Waals surface area contributed by atoms with Gasteiger partial charge >= 0.3 is 0 Å². The van der Waals surface area contributed by atoms with E-state index in [1.165, 1.54) is 12.1 Å². The van der Waals surface area contributed by atoms with Crippen LogP contribution < -0.4 is 10.6 Å². The van der Waals surface area contributed by atoms with Crippen LogP contribution in [0.2, 0.25) is 0 Å². The first kappa shape index (κ1) is 17.3. The van der Waals surface area contributed by atoms with Crippen molar-refractivity contribution in [2.75, 3.05) is 33.9 Å². The third-order valence-electron chi connectivity index (χ3n) is 2.71. The number of nitrogens with one attached hydrogen (secondary N) is 2. The first-order valence-electron chi connectivity index (χ1n) is 6.52. The van der Waals surface area contributed by atoms with E-state index < -0.39 is 0 Å². The molecule has 0 bridgehead atoms. The first-order chi connectivity index (χ1) is 10.0. The fourth-order valence-electron chi connectivity index (χ4n) is 1.55. The highest BCUT2D eigenvalue weighted by Gasteiger charge is 2.09. The lowest BCUT2D eigenvalue weighted by molar-refractivity contribution is -0.121. The maximum Gasteiger partial charge on any atom is 0.239 e. The number of rotatable bonds is 7. The number of carbonyl (C=O) groups excluding carboxylic acids is 1. The summed E-state index contributed by atoms with van der Waals surface area (Å²) < 4.78 is 17.6. The normalized spacial score (nSPS) is 10.0. The molecule has 1 aromatic carbocycles. The minimum atomic E-state index is -0.272. The second kappa shape index (κ2) is 9.25. The average molecular weight is 313 g/mol. The molecule has 2 N–H and O–H groups in total. The molecular formula is C14H20FN3O2S. The number of methoxy groups -OCH3 is 1. The summed E-state index contributed by atoms with van der Waals surface area (Å²) >= 11 is 5.19. The molecule has 21 heavy (non-hydrogen) atoms. The van der Waals surface area contributed by atoms with Crippen LogP contribution in [-0.2, 0) is 16.1 Å². The maximum atomic E-state index is 12.8. The molecule has 0 aromatic heterocycles. The summed E-state index contributed by atoms with van der Waals surface area (Å²) in [6.45, 7) is 1.59. The predicted molar refractivity (Wildman–Crippen MR) is 83.4 cm³/mol. The molecule has 0 heterocycles. The summed E-state index contributed by atoms with van der Waals surface area (Å²) in [5.74, 6) is -0.397. The molecule has 1 aromatic rings. The molecule has 0 spiro atoms. The molecule has 0 saturated carbocycles. The zero-order valence-electron chi connectivity index (χ0n) is 12.2. The van der Waals surface area contributed by atoms with Crippen LogP contribution in [0.5, 0.6) is 0 Å². The molecule has 0 atom stereocenters. The number of amides is 1. The third-order valence-corrected chi connectivity index (χ3v) is 3.17. The highest BCUT2D eigenvalue weighted by Crippen LogP contribution is 2.02. The molecule has 7 heteroatoms. The van der Waals surface area contributed by atoms with Crippen LogP contribution >= 0.6 is 12.2 Å². The van der Waals surface area contributed by atoms with Crippen LogP contribution in [0.4, 0.5) is 4.39 Å². The van der Waals surface area contributed by atoms with Gasteiger partial charge in [-0.15, -0.1) is 0 Å². The van der Waals surface area contributed by atoms with Gasteiger partial charge in [0.1, 0.15) is 5.82 Å². The fourth-order valence-corrected chi connectivity index (χ4v) is 1.69. The van der Waals surface area contributed by atoms with E-state index >= 15 is 0 Å². The van der Waals surface area contributed by atoms with Gasteiger partial charge in [-0.2, -0.15) is 0 Å².